The van der Waals surface area contributed by atoms with Crippen LogP contribution in [0.2, 0.25) is 0 Å². The summed E-state index contributed by atoms with van der Waals surface area (Å²) in [5, 5.41) is 0. The van der Waals surface area contributed by atoms with E-state index in [0.717, 1.165) is 11.3 Å². The number of rotatable bonds is 5. The van der Waals surface area contributed by atoms with Crippen molar-refractivity contribution in [3.8, 4) is 0 Å². The number of nitrogens with zero attached hydrogens (tertiary/aromatic N) is 1. The fourth-order valence-electron chi connectivity index (χ4n) is 0.884. The Hall–Kier alpha value is -0.440. The zero-order chi connectivity index (χ0) is 9.56. The highest BCUT2D eigenvalue weighted by molar-refractivity contribution is 7.98. The first-order valence-corrected chi connectivity index (χ1v) is 5.40. The largest absolute Gasteiger partial charge is 0.383 e. The monoisotopic (exact) mass is 187 g/mol. The van der Waals surface area contributed by atoms with Gasteiger partial charge in [-0.15, -0.1) is 0 Å². The maximum absolute atomic E-state index is 11.3. The number of hydrogen-bond donors (Lipinski definition) is 0. The van der Waals surface area contributed by atoms with E-state index in [1.54, 1.807) is 11.8 Å². The van der Waals surface area contributed by atoms with Crippen molar-refractivity contribution in [3.63, 3.8) is 0 Å². The van der Waals surface area contributed by atoms with Crippen LogP contribution < -0.4 is 0 Å². The molecule has 0 rings (SSSR count). The first kappa shape index (κ1) is 11.6. The maximum atomic E-state index is 11.3. The Balaban J connectivity index is 4.31. The third-order valence-electron chi connectivity index (χ3n) is 1.39. The van der Waals surface area contributed by atoms with Crippen molar-refractivity contribution in [3.05, 3.63) is 11.8 Å². The van der Waals surface area contributed by atoms with Gasteiger partial charge in [0.05, 0.1) is 0 Å². The zero-order valence-corrected chi connectivity index (χ0v) is 9.07. The van der Waals surface area contributed by atoms with Crippen molar-refractivity contribution in [2.45, 2.75) is 13.3 Å². The van der Waals surface area contributed by atoms with Gasteiger partial charge in [-0.3, -0.25) is 4.79 Å². The van der Waals surface area contributed by atoms with Crippen LogP contribution in [0, 0.1) is 0 Å². The van der Waals surface area contributed by atoms with Gasteiger partial charge in [0.2, 0.25) is 0 Å². The smallest absolute Gasteiger partial charge is 0.160 e. The van der Waals surface area contributed by atoms with Crippen LogP contribution in [-0.4, -0.2) is 36.8 Å². The summed E-state index contributed by atoms with van der Waals surface area (Å²) in [6, 6.07) is 0. The first-order chi connectivity index (χ1) is 5.61. The van der Waals surface area contributed by atoms with E-state index in [1.807, 2.05) is 38.4 Å². The molecule has 0 amide bonds. The number of hydrogen-bond acceptors (Lipinski definition) is 3. The Morgan fingerprint density at radius 2 is 2.08 bits per heavy atom. The number of carbonyl (C=O) groups excluding carboxylic acids is 1. The summed E-state index contributed by atoms with van der Waals surface area (Å²) in [6.07, 6.45) is 4.51. The molecule has 0 saturated carbocycles. The average Bonchev–Trinajstić information content (AvgIpc) is 2.01. The molecule has 0 aromatic carbocycles. The van der Waals surface area contributed by atoms with Crippen molar-refractivity contribution in [1.82, 2.24) is 4.90 Å². The molecule has 0 N–H and O–H groups in total. The summed E-state index contributed by atoms with van der Waals surface area (Å²) in [5.41, 5.74) is 0.912. The van der Waals surface area contributed by atoms with Gasteiger partial charge in [0.15, 0.2) is 5.78 Å². The van der Waals surface area contributed by atoms with E-state index in [1.165, 1.54) is 0 Å². The minimum Gasteiger partial charge on any atom is -0.383 e. The van der Waals surface area contributed by atoms with Gasteiger partial charge in [0.25, 0.3) is 0 Å². The molecule has 0 aromatic heterocycles. The summed E-state index contributed by atoms with van der Waals surface area (Å²) < 4.78 is 0. The van der Waals surface area contributed by atoms with Gasteiger partial charge in [-0.1, -0.05) is 6.92 Å². The second-order valence-electron chi connectivity index (χ2n) is 2.83. The van der Waals surface area contributed by atoms with Crippen molar-refractivity contribution in [2.24, 2.45) is 0 Å². The molecule has 70 valence electrons. The Morgan fingerprint density at radius 3 is 2.42 bits per heavy atom. The zero-order valence-electron chi connectivity index (χ0n) is 8.26. The lowest BCUT2D eigenvalue weighted by molar-refractivity contribution is -0.115. The Labute approximate surface area is 79.0 Å². The quantitative estimate of drug-likeness (QED) is 0.612. The number of Topliss-reactive ketones (excluding diaryl/α,β-unsaturated/α-hetero) is 1. The van der Waals surface area contributed by atoms with Crippen LogP contribution in [0.3, 0.4) is 0 Å². The molecule has 3 heteroatoms. The molecule has 0 unspecified atom stereocenters. The molecule has 0 atom stereocenters. The average molecular weight is 187 g/mol. The summed E-state index contributed by atoms with van der Waals surface area (Å²) in [6.45, 7) is 1.90. The lowest BCUT2D eigenvalue weighted by Crippen LogP contribution is -2.10. The third kappa shape index (κ3) is 4.44. The highest BCUT2D eigenvalue weighted by Gasteiger charge is 2.05. The Morgan fingerprint density at radius 1 is 1.50 bits per heavy atom. The van der Waals surface area contributed by atoms with E-state index in [9.17, 15) is 4.79 Å². The second kappa shape index (κ2) is 6.12. The summed E-state index contributed by atoms with van der Waals surface area (Å²) in [7, 11) is 3.87. The van der Waals surface area contributed by atoms with Crippen molar-refractivity contribution < 1.29 is 4.79 Å². The molecule has 2 nitrogen and oxygen atoms in total. The third-order valence-corrected chi connectivity index (χ3v) is 1.99. The van der Waals surface area contributed by atoms with E-state index >= 15 is 0 Å². The fourth-order valence-corrected chi connectivity index (χ4v) is 1.43. The van der Waals surface area contributed by atoms with Crippen LogP contribution in [0.5, 0.6) is 0 Å². The van der Waals surface area contributed by atoms with Crippen LogP contribution >= 0.6 is 11.8 Å². The normalized spacial score (nSPS) is 11.5. The summed E-state index contributed by atoms with van der Waals surface area (Å²) in [4.78, 5) is 13.2. The van der Waals surface area contributed by atoms with Crippen molar-refractivity contribution in [2.75, 3.05) is 26.1 Å². The van der Waals surface area contributed by atoms with Crippen LogP contribution in [0.15, 0.2) is 11.8 Å². The molecule has 0 aromatic rings. The Bertz CT molecular complexity index is 175. The van der Waals surface area contributed by atoms with Crippen molar-refractivity contribution in [1.29, 1.82) is 0 Å². The number of thioether (sulfide) groups is 1. The van der Waals surface area contributed by atoms with Gasteiger partial charge in [-0.05, 0) is 6.26 Å². The maximum Gasteiger partial charge on any atom is 0.160 e. The van der Waals surface area contributed by atoms with E-state index in [-0.39, 0.29) is 5.78 Å². The van der Waals surface area contributed by atoms with E-state index < -0.39 is 0 Å². The molecule has 0 aliphatic carbocycles. The van der Waals surface area contributed by atoms with Crippen LogP contribution in [0.4, 0.5) is 0 Å². The molecule has 0 spiro atoms. The number of carbonyl (C=O) groups is 1. The topological polar surface area (TPSA) is 20.3 Å². The van der Waals surface area contributed by atoms with E-state index in [4.69, 9.17) is 0 Å². The van der Waals surface area contributed by atoms with Gasteiger partial charge < -0.3 is 4.90 Å². The molecule has 0 aliphatic rings. The molecule has 12 heavy (non-hydrogen) atoms. The molecule has 0 bridgehead atoms. The van der Waals surface area contributed by atoms with Crippen LogP contribution in [-0.2, 0) is 4.79 Å². The van der Waals surface area contributed by atoms with Crippen LogP contribution in [0.25, 0.3) is 0 Å². The molecule has 0 aliphatic heterocycles. The standard InChI is InChI=1S/C9H17NOS/c1-5-9(11)8(7-12-4)6-10(2)3/h6H,5,7H2,1-4H3/b8-6-. The SMILES string of the molecule is CCC(=O)/C(=C\N(C)C)CSC. The molecular formula is C9H17NOS. The minimum absolute atomic E-state index is 0.248. The molecule has 0 radical (unpaired) electrons. The first-order valence-electron chi connectivity index (χ1n) is 4.01. The highest BCUT2D eigenvalue weighted by Crippen LogP contribution is 2.07. The van der Waals surface area contributed by atoms with E-state index in [2.05, 4.69) is 0 Å². The van der Waals surface area contributed by atoms with Gasteiger partial charge in [0.1, 0.15) is 0 Å². The van der Waals surface area contributed by atoms with E-state index in [0.29, 0.717) is 6.42 Å². The van der Waals surface area contributed by atoms with Gasteiger partial charge in [0, 0.05) is 38.0 Å². The van der Waals surface area contributed by atoms with Gasteiger partial charge in [-0.25, -0.2) is 0 Å². The lowest BCUT2D eigenvalue weighted by atomic mass is 10.2. The highest BCUT2D eigenvalue weighted by atomic mass is 32.2. The van der Waals surface area contributed by atoms with Gasteiger partial charge in [-0.2, -0.15) is 11.8 Å². The van der Waals surface area contributed by atoms with Crippen LogP contribution in [0.1, 0.15) is 13.3 Å². The predicted molar refractivity (Wildman–Crippen MR) is 55.5 cm³/mol. The summed E-state index contributed by atoms with van der Waals surface area (Å²) >= 11 is 1.68. The lowest BCUT2D eigenvalue weighted by Gasteiger charge is -2.09. The second-order valence-corrected chi connectivity index (χ2v) is 3.69. The predicted octanol–water partition coefficient (Wildman–Crippen LogP) is 1.77. The fraction of sp³-hybridized carbons (Fsp3) is 0.667. The molecule has 0 heterocycles. The van der Waals surface area contributed by atoms with Crippen molar-refractivity contribution >= 4 is 17.5 Å². The number of ketones is 1. The molecular weight excluding hydrogens is 170 g/mol. The molecule has 0 fully saturated rings. The van der Waals surface area contributed by atoms with Gasteiger partial charge >= 0.3 is 0 Å². The minimum atomic E-state index is 0.248. The molecule has 0 saturated heterocycles. The summed E-state index contributed by atoms with van der Waals surface area (Å²) in [5.74, 6) is 1.06. The Kier molecular flexibility index (Phi) is 5.89.